The number of hydrogen-bond donors (Lipinski definition) is 0. The number of carbonyl (C=O) groups is 1. The van der Waals surface area contributed by atoms with E-state index < -0.39 is 0 Å². The fraction of sp³-hybridized carbons (Fsp3) is 0.588. The molecule has 0 saturated heterocycles. The van der Waals surface area contributed by atoms with Gasteiger partial charge in [-0.15, -0.1) is 0 Å². The first kappa shape index (κ1) is 13.5. The number of carbonyl (C=O) groups excluding carboxylic acids is 1. The van der Waals surface area contributed by atoms with Crippen molar-refractivity contribution in [1.82, 2.24) is 0 Å². The molecule has 1 unspecified atom stereocenters. The lowest BCUT2D eigenvalue weighted by Gasteiger charge is -2.25. The third-order valence-corrected chi connectivity index (χ3v) is 4.61. The molecule has 0 radical (unpaired) electrons. The Kier molecular flexibility index (Phi) is 3.45. The van der Waals surface area contributed by atoms with Gasteiger partial charge in [0.05, 0.1) is 13.2 Å². The van der Waals surface area contributed by atoms with Gasteiger partial charge in [-0.3, -0.25) is 4.79 Å². The first-order valence-corrected chi connectivity index (χ1v) is 7.52. The number of ketones is 1. The fourth-order valence-electron chi connectivity index (χ4n) is 3.33. The van der Waals surface area contributed by atoms with Crippen LogP contribution in [0.15, 0.2) is 18.2 Å². The third kappa shape index (κ3) is 2.41. The smallest absolute Gasteiger partial charge is 0.166 e. The zero-order valence-corrected chi connectivity index (χ0v) is 12.3. The minimum absolute atomic E-state index is 0.112. The minimum atomic E-state index is 0.112. The maximum Gasteiger partial charge on any atom is 0.166 e. The Morgan fingerprint density at radius 1 is 1.15 bits per heavy atom. The molecule has 2 aliphatic rings. The Balaban J connectivity index is 1.87. The van der Waals surface area contributed by atoms with Crippen LogP contribution in [0.25, 0.3) is 0 Å². The first-order valence-electron chi connectivity index (χ1n) is 7.52. The molecule has 1 atom stereocenters. The lowest BCUT2D eigenvalue weighted by atomic mass is 9.78. The second-order valence-electron chi connectivity index (χ2n) is 6.51. The Morgan fingerprint density at radius 3 is 2.60 bits per heavy atom. The lowest BCUT2D eigenvalue weighted by Crippen LogP contribution is -2.25. The summed E-state index contributed by atoms with van der Waals surface area (Å²) in [4.78, 5) is 12.7. The summed E-state index contributed by atoms with van der Waals surface area (Å²) in [6.07, 6.45) is 4.16. The van der Waals surface area contributed by atoms with Crippen molar-refractivity contribution in [3.8, 4) is 11.5 Å². The topological polar surface area (TPSA) is 35.5 Å². The lowest BCUT2D eigenvalue weighted by molar-refractivity contribution is 0.0838. The van der Waals surface area contributed by atoms with Crippen molar-refractivity contribution in [2.45, 2.75) is 39.5 Å². The molecule has 0 N–H and O–H groups in total. The molecule has 20 heavy (non-hydrogen) atoms. The highest BCUT2D eigenvalue weighted by Crippen LogP contribution is 2.44. The summed E-state index contributed by atoms with van der Waals surface area (Å²) < 4.78 is 11.3. The van der Waals surface area contributed by atoms with Gasteiger partial charge in [0.15, 0.2) is 17.3 Å². The Bertz CT molecular complexity index is 519. The summed E-state index contributed by atoms with van der Waals surface area (Å²) in [5, 5.41) is 0. The van der Waals surface area contributed by atoms with E-state index in [1.165, 1.54) is 0 Å². The monoisotopic (exact) mass is 274 g/mol. The molecular formula is C17H22O3. The number of ether oxygens (including phenoxy) is 2. The van der Waals surface area contributed by atoms with Gasteiger partial charge in [0.25, 0.3) is 0 Å². The van der Waals surface area contributed by atoms with Crippen LogP contribution in [0.2, 0.25) is 0 Å². The summed E-state index contributed by atoms with van der Waals surface area (Å²) in [5.74, 6) is 1.85. The van der Waals surface area contributed by atoms with E-state index in [-0.39, 0.29) is 17.1 Å². The Labute approximate surface area is 120 Å². The number of benzene rings is 1. The molecule has 0 amide bonds. The zero-order valence-electron chi connectivity index (χ0n) is 12.3. The second-order valence-corrected chi connectivity index (χ2v) is 6.51. The standard InChI is InChI=1S/C17H22O3/c1-17(2)8-3-5-13(17)16(18)12-6-7-14-15(11-12)20-10-4-9-19-14/h6-7,11,13H,3-5,8-10H2,1-2H3. The molecule has 108 valence electrons. The molecule has 3 nitrogen and oxygen atoms in total. The number of rotatable bonds is 2. The van der Waals surface area contributed by atoms with E-state index in [9.17, 15) is 4.79 Å². The third-order valence-electron chi connectivity index (χ3n) is 4.61. The van der Waals surface area contributed by atoms with E-state index >= 15 is 0 Å². The van der Waals surface area contributed by atoms with Crippen LogP contribution in [-0.4, -0.2) is 19.0 Å². The van der Waals surface area contributed by atoms with Gasteiger partial charge in [-0.1, -0.05) is 20.3 Å². The van der Waals surface area contributed by atoms with Gasteiger partial charge in [0.1, 0.15) is 0 Å². The van der Waals surface area contributed by atoms with Gasteiger partial charge in [-0.25, -0.2) is 0 Å². The van der Waals surface area contributed by atoms with Gasteiger partial charge in [0.2, 0.25) is 0 Å². The average Bonchev–Trinajstić information content (AvgIpc) is 2.64. The zero-order chi connectivity index (χ0) is 14.2. The minimum Gasteiger partial charge on any atom is -0.490 e. The van der Waals surface area contributed by atoms with Crippen LogP contribution in [0.1, 0.15) is 49.9 Å². The van der Waals surface area contributed by atoms with Gasteiger partial charge >= 0.3 is 0 Å². The Morgan fingerprint density at radius 2 is 1.90 bits per heavy atom. The average molecular weight is 274 g/mol. The van der Waals surface area contributed by atoms with Crippen LogP contribution >= 0.6 is 0 Å². The van der Waals surface area contributed by atoms with E-state index in [2.05, 4.69) is 13.8 Å². The van der Waals surface area contributed by atoms with Gasteiger partial charge in [-0.2, -0.15) is 0 Å². The molecular weight excluding hydrogens is 252 g/mol. The van der Waals surface area contributed by atoms with Crippen molar-refractivity contribution in [3.05, 3.63) is 23.8 Å². The van der Waals surface area contributed by atoms with E-state index in [1.807, 2.05) is 18.2 Å². The number of fused-ring (bicyclic) bond motifs is 1. The Hall–Kier alpha value is -1.51. The van der Waals surface area contributed by atoms with Crippen LogP contribution in [-0.2, 0) is 0 Å². The molecule has 1 aromatic rings. The summed E-state index contributed by atoms with van der Waals surface area (Å²) in [6.45, 7) is 5.73. The highest BCUT2D eigenvalue weighted by molar-refractivity contribution is 5.99. The molecule has 0 aromatic heterocycles. The molecule has 1 aromatic carbocycles. The summed E-state index contributed by atoms with van der Waals surface area (Å²) >= 11 is 0. The van der Waals surface area contributed by atoms with Gasteiger partial charge in [-0.05, 0) is 36.5 Å². The second kappa shape index (κ2) is 5.12. The highest BCUT2D eigenvalue weighted by atomic mass is 16.5. The maximum atomic E-state index is 12.7. The number of Topliss-reactive ketones (excluding diaryl/α,β-unsaturated/α-hetero) is 1. The molecule has 1 aliphatic heterocycles. The predicted octanol–water partition coefficient (Wildman–Crippen LogP) is 3.86. The van der Waals surface area contributed by atoms with Crippen LogP contribution in [0.5, 0.6) is 11.5 Å². The van der Waals surface area contributed by atoms with E-state index in [0.717, 1.165) is 37.0 Å². The van der Waals surface area contributed by atoms with Crippen molar-refractivity contribution >= 4 is 5.78 Å². The fourth-order valence-corrected chi connectivity index (χ4v) is 3.33. The summed E-state index contributed by atoms with van der Waals surface area (Å²) in [5.41, 5.74) is 0.871. The predicted molar refractivity (Wildman–Crippen MR) is 77.5 cm³/mol. The molecule has 3 heteroatoms. The quantitative estimate of drug-likeness (QED) is 0.768. The summed E-state index contributed by atoms with van der Waals surface area (Å²) in [6, 6.07) is 5.61. The largest absolute Gasteiger partial charge is 0.490 e. The van der Waals surface area contributed by atoms with Crippen molar-refractivity contribution in [3.63, 3.8) is 0 Å². The first-order chi connectivity index (χ1) is 9.58. The number of hydrogen-bond acceptors (Lipinski definition) is 3. The molecule has 1 heterocycles. The molecule has 1 aliphatic carbocycles. The normalized spacial score (nSPS) is 24.2. The van der Waals surface area contributed by atoms with Crippen LogP contribution in [0.3, 0.4) is 0 Å². The van der Waals surface area contributed by atoms with E-state index in [0.29, 0.717) is 19.0 Å². The van der Waals surface area contributed by atoms with E-state index in [4.69, 9.17) is 9.47 Å². The maximum absolute atomic E-state index is 12.7. The van der Waals surface area contributed by atoms with E-state index in [1.54, 1.807) is 0 Å². The van der Waals surface area contributed by atoms with Crippen molar-refractivity contribution in [2.75, 3.05) is 13.2 Å². The van der Waals surface area contributed by atoms with Gasteiger partial charge in [0, 0.05) is 17.9 Å². The van der Waals surface area contributed by atoms with Crippen molar-refractivity contribution in [1.29, 1.82) is 0 Å². The van der Waals surface area contributed by atoms with Crippen LogP contribution in [0, 0.1) is 11.3 Å². The van der Waals surface area contributed by atoms with Crippen molar-refractivity contribution in [2.24, 2.45) is 11.3 Å². The van der Waals surface area contributed by atoms with Gasteiger partial charge < -0.3 is 9.47 Å². The van der Waals surface area contributed by atoms with Crippen LogP contribution < -0.4 is 9.47 Å². The molecule has 1 fully saturated rings. The molecule has 3 rings (SSSR count). The SMILES string of the molecule is CC1(C)CCCC1C(=O)c1ccc2c(c1)OCCCO2. The van der Waals surface area contributed by atoms with Crippen LogP contribution in [0.4, 0.5) is 0 Å². The summed E-state index contributed by atoms with van der Waals surface area (Å²) in [7, 11) is 0. The molecule has 0 bridgehead atoms. The highest BCUT2D eigenvalue weighted by Gasteiger charge is 2.39. The molecule has 1 saturated carbocycles. The molecule has 0 spiro atoms. The van der Waals surface area contributed by atoms with Crippen molar-refractivity contribution < 1.29 is 14.3 Å².